The average Bonchev–Trinajstić information content (AvgIpc) is 2.29. The van der Waals surface area contributed by atoms with Crippen molar-refractivity contribution in [1.82, 2.24) is 9.88 Å². The molecule has 0 aromatic carbocycles. The van der Waals surface area contributed by atoms with Crippen LogP contribution in [0.25, 0.3) is 0 Å². The van der Waals surface area contributed by atoms with Crippen molar-refractivity contribution in [2.45, 2.75) is 5.38 Å². The second kappa shape index (κ2) is 4.74. The molecule has 1 aliphatic heterocycles. The van der Waals surface area contributed by atoms with E-state index in [1.54, 1.807) is 6.07 Å². The second-order valence-corrected chi connectivity index (χ2v) is 4.67. The molecule has 2 rings (SSSR count). The number of rotatable bonds is 2. The van der Waals surface area contributed by atoms with Crippen molar-refractivity contribution in [3.05, 3.63) is 23.9 Å². The van der Waals surface area contributed by atoms with Crippen molar-refractivity contribution in [2.75, 3.05) is 38.1 Å². The van der Waals surface area contributed by atoms with E-state index in [0.29, 0.717) is 0 Å². The Hall–Kier alpha value is -0.940. The lowest BCUT2D eigenvalue weighted by Crippen LogP contribution is -2.44. The smallest absolute Gasteiger partial charge is 0.349 e. The van der Waals surface area contributed by atoms with E-state index in [9.17, 15) is 8.78 Å². The summed E-state index contributed by atoms with van der Waals surface area (Å²) in [5, 5.41) is -3.34. The van der Waals surface area contributed by atoms with Gasteiger partial charge in [0, 0.05) is 32.4 Å². The summed E-state index contributed by atoms with van der Waals surface area (Å²) in [6, 6.07) is 2.92. The quantitative estimate of drug-likeness (QED) is 0.761. The van der Waals surface area contributed by atoms with Crippen molar-refractivity contribution >= 4 is 17.4 Å². The number of pyridine rings is 1. The molecule has 3 nitrogen and oxygen atoms in total. The molecule has 94 valence electrons. The summed E-state index contributed by atoms with van der Waals surface area (Å²) in [5.74, 6) is 0.725. The molecule has 0 bridgehead atoms. The molecule has 0 radical (unpaired) electrons. The molecule has 0 aliphatic carbocycles. The Labute approximate surface area is 104 Å². The van der Waals surface area contributed by atoms with Crippen LogP contribution >= 0.6 is 11.6 Å². The van der Waals surface area contributed by atoms with E-state index < -0.39 is 5.38 Å². The summed E-state index contributed by atoms with van der Waals surface area (Å²) in [6.45, 7) is 3.63. The minimum atomic E-state index is -3.34. The van der Waals surface area contributed by atoms with Gasteiger partial charge in [-0.25, -0.2) is 4.98 Å². The van der Waals surface area contributed by atoms with Gasteiger partial charge in [-0.1, -0.05) is 0 Å². The van der Waals surface area contributed by atoms with Gasteiger partial charge in [0.15, 0.2) is 0 Å². The third-order valence-electron chi connectivity index (χ3n) is 2.90. The van der Waals surface area contributed by atoms with Crippen LogP contribution in [0.5, 0.6) is 0 Å². The Morgan fingerprint density at radius 2 is 1.88 bits per heavy atom. The third kappa shape index (κ3) is 3.04. The fourth-order valence-corrected chi connectivity index (χ4v) is 1.89. The van der Waals surface area contributed by atoms with Crippen molar-refractivity contribution in [3.8, 4) is 0 Å². The van der Waals surface area contributed by atoms with Gasteiger partial charge in [0.1, 0.15) is 5.82 Å². The first kappa shape index (κ1) is 12.5. The monoisotopic (exact) mass is 261 g/mol. The molecule has 1 aromatic heterocycles. The fourth-order valence-electron chi connectivity index (χ4n) is 1.78. The highest BCUT2D eigenvalue weighted by Gasteiger charge is 2.28. The largest absolute Gasteiger partial charge is 0.354 e. The summed E-state index contributed by atoms with van der Waals surface area (Å²) >= 11 is 4.92. The zero-order chi connectivity index (χ0) is 12.5. The Bertz CT molecular complexity index is 369. The first-order valence-electron chi connectivity index (χ1n) is 5.43. The summed E-state index contributed by atoms with van der Waals surface area (Å²) in [7, 11) is 2.06. The van der Waals surface area contributed by atoms with Crippen LogP contribution in [0, 0.1) is 0 Å². The molecule has 17 heavy (non-hydrogen) atoms. The van der Waals surface area contributed by atoms with E-state index in [1.165, 1.54) is 6.07 Å². The molecule has 6 heteroatoms. The van der Waals surface area contributed by atoms with Gasteiger partial charge in [-0.05, 0) is 30.8 Å². The van der Waals surface area contributed by atoms with Crippen LogP contribution in [0.1, 0.15) is 5.56 Å². The van der Waals surface area contributed by atoms with Gasteiger partial charge in [0.2, 0.25) is 0 Å². The molecular weight excluding hydrogens is 248 g/mol. The van der Waals surface area contributed by atoms with Gasteiger partial charge in [-0.3, -0.25) is 0 Å². The van der Waals surface area contributed by atoms with E-state index in [-0.39, 0.29) is 5.56 Å². The highest BCUT2D eigenvalue weighted by Crippen LogP contribution is 2.32. The molecule has 0 spiro atoms. The summed E-state index contributed by atoms with van der Waals surface area (Å²) in [4.78, 5) is 8.34. The van der Waals surface area contributed by atoms with Crippen LogP contribution in [0.3, 0.4) is 0 Å². The standard InChI is InChI=1S/C11H14ClF2N3/c1-16-4-6-17(7-5-16)10-3-2-9(8-15-10)11(12,13)14/h2-3,8H,4-7H2,1H3. The van der Waals surface area contributed by atoms with E-state index in [2.05, 4.69) is 21.8 Å². The van der Waals surface area contributed by atoms with Crippen LogP contribution in [0.2, 0.25) is 0 Å². The Kier molecular flexibility index (Phi) is 3.49. The van der Waals surface area contributed by atoms with Gasteiger partial charge in [0.05, 0.1) is 5.56 Å². The van der Waals surface area contributed by atoms with E-state index >= 15 is 0 Å². The molecule has 0 N–H and O–H groups in total. The first-order chi connectivity index (χ1) is 7.97. The van der Waals surface area contributed by atoms with Crippen LogP contribution < -0.4 is 4.90 Å². The zero-order valence-electron chi connectivity index (χ0n) is 9.54. The van der Waals surface area contributed by atoms with Crippen LogP contribution in [0.4, 0.5) is 14.6 Å². The Balaban J connectivity index is 2.08. The maximum Gasteiger partial charge on any atom is 0.349 e. The molecule has 0 amide bonds. The fraction of sp³-hybridized carbons (Fsp3) is 0.545. The topological polar surface area (TPSA) is 19.4 Å². The average molecular weight is 262 g/mol. The third-order valence-corrected chi connectivity index (χ3v) is 3.12. The van der Waals surface area contributed by atoms with E-state index in [1.807, 2.05) is 0 Å². The highest BCUT2D eigenvalue weighted by atomic mass is 35.5. The molecule has 0 saturated carbocycles. The molecule has 1 fully saturated rings. The van der Waals surface area contributed by atoms with Crippen molar-refractivity contribution < 1.29 is 8.78 Å². The lowest BCUT2D eigenvalue weighted by atomic mass is 10.2. The number of hydrogen-bond acceptors (Lipinski definition) is 3. The molecule has 1 aliphatic rings. The number of piperazine rings is 1. The van der Waals surface area contributed by atoms with Gasteiger partial charge in [-0.15, -0.1) is 0 Å². The molecule has 0 unspecified atom stereocenters. The van der Waals surface area contributed by atoms with Crippen molar-refractivity contribution in [1.29, 1.82) is 0 Å². The Morgan fingerprint density at radius 1 is 1.24 bits per heavy atom. The summed E-state index contributed by atoms with van der Waals surface area (Å²) in [6.07, 6.45) is 1.14. The minimum absolute atomic E-state index is 0.267. The molecular formula is C11H14ClF2N3. The van der Waals surface area contributed by atoms with Gasteiger partial charge in [-0.2, -0.15) is 8.78 Å². The lowest BCUT2D eigenvalue weighted by molar-refractivity contribution is 0.0947. The van der Waals surface area contributed by atoms with Gasteiger partial charge in [0.25, 0.3) is 0 Å². The number of alkyl halides is 3. The molecule has 1 aromatic rings. The van der Waals surface area contributed by atoms with Crippen molar-refractivity contribution in [2.24, 2.45) is 0 Å². The molecule has 1 saturated heterocycles. The second-order valence-electron chi connectivity index (χ2n) is 4.19. The van der Waals surface area contributed by atoms with Crippen LogP contribution in [0.15, 0.2) is 18.3 Å². The highest BCUT2D eigenvalue weighted by molar-refractivity contribution is 6.21. The normalized spacial score (nSPS) is 18.5. The van der Waals surface area contributed by atoms with Gasteiger partial charge >= 0.3 is 5.38 Å². The van der Waals surface area contributed by atoms with E-state index in [4.69, 9.17) is 11.6 Å². The number of anilines is 1. The maximum absolute atomic E-state index is 12.8. The van der Waals surface area contributed by atoms with Crippen LogP contribution in [-0.4, -0.2) is 43.1 Å². The number of halogens is 3. The minimum Gasteiger partial charge on any atom is -0.354 e. The number of likely N-dealkylation sites (N-methyl/N-ethyl adjacent to an activating group) is 1. The van der Waals surface area contributed by atoms with E-state index in [0.717, 1.165) is 38.2 Å². The zero-order valence-corrected chi connectivity index (χ0v) is 10.3. The SMILES string of the molecule is CN1CCN(c2ccc(C(F)(F)Cl)cn2)CC1. The summed E-state index contributed by atoms with van der Waals surface area (Å²) in [5.41, 5.74) is -0.267. The summed E-state index contributed by atoms with van der Waals surface area (Å²) < 4.78 is 25.6. The Morgan fingerprint density at radius 3 is 2.35 bits per heavy atom. The van der Waals surface area contributed by atoms with Crippen molar-refractivity contribution in [3.63, 3.8) is 0 Å². The maximum atomic E-state index is 12.8. The predicted octanol–water partition coefficient (Wildman–Crippen LogP) is 2.12. The molecule has 2 heterocycles. The molecule has 0 atom stereocenters. The number of nitrogens with zero attached hydrogens (tertiary/aromatic N) is 3. The lowest BCUT2D eigenvalue weighted by Gasteiger charge is -2.33. The number of hydrogen-bond donors (Lipinski definition) is 0. The van der Waals surface area contributed by atoms with Crippen LogP contribution in [-0.2, 0) is 5.38 Å². The first-order valence-corrected chi connectivity index (χ1v) is 5.81. The number of aromatic nitrogens is 1. The predicted molar refractivity (Wildman–Crippen MR) is 63.7 cm³/mol. The van der Waals surface area contributed by atoms with Gasteiger partial charge < -0.3 is 9.80 Å².